The van der Waals surface area contributed by atoms with E-state index in [-0.39, 0.29) is 5.56 Å². The van der Waals surface area contributed by atoms with Crippen molar-refractivity contribution in [1.82, 2.24) is 4.90 Å². The van der Waals surface area contributed by atoms with Gasteiger partial charge in [0.05, 0.1) is 17.6 Å². The van der Waals surface area contributed by atoms with E-state index in [9.17, 15) is 18.0 Å². The lowest BCUT2D eigenvalue weighted by atomic mass is 10.0. The van der Waals surface area contributed by atoms with Gasteiger partial charge in [0.2, 0.25) is 0 Å². The molecule has 0 N–H and O–H groups in total. The van der Waals surface area contributed by atoms with E-state index < -0.39 is 18.8 Å². The second kappa shape index (κ2) is 7.29. The number of esters is 1. The Hall–Kier alpha value is -2.05. The van der Waals surface area contributed by atoms with E-state index in [1.165, 1.54) is 6.07 Å². The van der Waals surface area contributed by atoms with E-state index in [1.54, 1.807) is 26.3 Å². The molecule has 0 unspecified atom stereocenters. The molecule has 1 aromatic rings. The van der Waals surface area contributed by atoms with Gasteiger partial charge in [0.25, 0.3) is 0 Å². The number of aliphatic imine (C=N–C) groups is 1. The van der Waals surface area contributed by atoms with Crippen molar-refractivity contribution in [2.45, 2.75) is 26.9 Å². The Kier molecular flexibility index (Phi) is 5.96. The predicted molar refractivity (Wildman–Crippen MR) is 78.7 cm³/mol. The number of rotatable bonds is 5. The molecule has 0 aliphatic rings. The van der Waals surface area contributed by atoms with Crippen LogP contribution in [-0.2, 0) is 4.74 Å². The van der Waals surface area contributed by atoms with Crippen LogP contribution in [0.5, 0.6) is 0 Å². The molecule has 4 nitrogen and oxygen atoms in total. The first kappa shape index (κ1) is 18.0. The molecule has 0 aromatic heterocycles. The number of hydrogen-bond acceptors (Lipinski definition) is 3. The summed E-state index contributed by atoms with van der Waals surface area (Å²) >= 11 is 0. The van der Waals surface area contributed by atoms with E-state index in [2.05, 4.69) is 9.73 Å². The summed E-state index contributed by atoms with van der Waals surface area (Å²) < 4.78 is 40.5. The molecule has 0 spiro atoms. The first-order valence-electron chi connectivity index (χ1n) is 6.73. The van der Waals surface area contributed by atoms with Gasteiger partial charge in [0.15, 0.2) is 6.61 Å². The molecule has 0 atom stereocenters. The van der Waals surface area contributed by atoms with Crippen LogP contribution in [0.2, 0.25) is 0 Å². The van der Waals surface area contributed by atoms with Gasteiger partial charge in [-0.05, 0) is 44.0 Å². The van der Waals surface area contributed by atoms with Crippen LogP contribution >= 0.6 is 0 Å². The molecule has 1 rings (SSSR count). The third kappa shape index (κ3) is 5.38. The van der Waals surface area contributed by atoms with Crippen molar-refractivity contribution in [3.63, 3.8) is 0 Å². The molecule has 122 valence electrons. The molecular formula is C15H19F3N2O2. The molecule has 0 aliphatic heterocycles. The Labute approximate surface area is 127 Å². The van der Waals surface area contributed by atoms with Gasteiger partial charge >= 0.3 is 12.1 Å². The summed E-state index contributed by atoms with van der Waals surface area (Å²) in [4.78, 5) is 17.9. The first-order valence-corrected chi connectivity index (χ1v) is 6.73. The summed E-state index contributed by atoms with van der Waals surface area (Å²) in [5, 5.41) is 0. The second-order valence-corrected chi connectivity index (χ2v) is 4.96. The van der Waals surface area contributed by atoms with Gasteiger partial charge in [-0.3, -0.25) is 0 Å². The zero-order valence-electron chi connectivity index (χ0n) is 13.0. The van der Waals surface area contributed by atoms with Crippen molar-refractivity contribution in [1.29, 1.82) is 0 Å². The van der Waals surface area contributed by atoms with Gasteiger partial charge in [-0.15, -0.1) is 0 Å². The Bertz CT molecular complexity index is 569. The van der Waals surface area contributed by atoms with E-state index in [0.717, 1.165) is 6.54 Å². The maximum atomic E-state index is 12.1. The lowest BCUT2D eigenvalue weighted by molar-refractivity contribution is -0.161. The topological polar surface area (TPSA) is 41.9 Å². The minimum Gasteiger partial charge on any atom is -0.452 e. The van der Waals surface area contributed by atoms with Gasteiger partial charge in [-0.25, -0.2) is 9.79 Å². The first-order chi connectivity index (χ1) is 10.1. The van der Waals surface area contributed by atoms with Gasteiger partial charge in [-0.1, -0.05) is 0 Å². The van der Waals surface area contributed by atoms with Crippen LogP contribution in [0.25, 0.3) is 0 Å². The Balaban J connectivity index is 2.94. The highest BCUT2D eigenvalue weighted by Crippen LogP contribution is 2.24. The van der Waals surface area contributed by atoms with Crippen molar-refractivity contribution in [2.75, 3.05) is 20.2 Å². The zero-order chi connectivity index (χ0) is 16.9. The molecule has 0 saturated heterocycles. The smallest absolute Gasteiger partial charge is 0.422 e. The molecule has 0 radical (unpaired) electrons. The van der Waals surface area contributed by atoms with Gasteiger partial charge < -0.3 is 9.64 Å². The number of aryl methyl sites for hydroxylation is 2. The summed E-state index contributed by atoms with van der Waals surface area (Å²) in [5.74, 6) is -0.987. The Morgan fingerprint density at radius 1 is 1.32 bits per heavy atom. The van der Waals surface area contributed by atoms with E-state index in [1.807, 2.05) is 18.9 Å². The summed E-state index contributed by atoms with van der Waals surface area (Å²) in [6, 6.07) is 3.15. The SMILES string of the molecule is CCN(C)C=Nc1cc(C)c(C(=O)OCC(F)(F)F)cc1C. The molecule has 0 heterocycles. The largest absolute Gasteiger partial charge is 0.452 e. The third-order valence-corrected chi connectivity index (χ3v) is 3.02. The molecule has 22 heavy (non-hydrogen) atoms. The van der Waals surface area contributed by atoms with Crippen LogP contribution in [0, 0.1) is 13.8 Å². The molecule has 0 amide bonds. The monoisotopic (exact) mass is 316 g/mol. The van der Waals surface area contributed by atoms with E-state index in [4.69, 9.17) is 0 Å². The van der Waals surface area contributed by atoms with Crippen LogP contribution in [0.4, 0.5) is 18.9 Å². The molecule has 0 saturated carbocycles. The van der Waals surface area contributed by atoms with Gasteiger partial charge in [0.1, 0.15) is 0 Å². The van der Waals surface area contributed by atoms with Crippen molar-refractivity contribution in [2.24, 2.45) is 4.99 Å². The molecule has 1 aromatic carbocycles. The van der Waals surface area contributed by atoms with E-state index >= 15 is 0 Å². The van der Waals surface area contributed by atoms with E-state index in [0.29, 0.717) is 16.8 Å². The minimum absolute atomic E-state index is 0.115. The highest BCUT2D eigenvalue weighted by atomic mass is 19.4. The fraction of sp³-hybridized carbons (Fsp3) is 0.467. The average Bonchev–Trinajstić information content (AvgIpc) is 2.44. The summed E-state index contributed by atoms with van der Waals surface area (Å²) in [6.07, 6.45) is -2.88. The van der Waals surface area contributed by atoms with Crippen molar-refractivity contribution in [3.05, 3.63) is 28.8 Å². The fourth-order valence-corrected chi connectivity index (χ4v) is 1.63. The molecule has 7 heteroatoms. The number of hydrogen-bond donors (Lipinski definition) is 0. The van der Waals surface area contributed by atoms with Gasteiger partial charge in [-0.2, -0.15) is 13.2 Å². The van der Waals surface area contributed by atoms with Crippen LogP contribution in [0.15, 0.2) is 17.1 Å². The number of benzene rings is 1. The number of alkyl halides is 3. The number of nitrogens with zero attached hydrogens (tertiary/aromatic N) is 2. The van der Waals surface area contributed by atoms with Crippen LogP contribution in [0.1, 0.15) is 28.4 Å². The number of carbonyl (C=O) groups excluding carboxylic acids is 1. The predicted octanol–water partition coefficient (Wildman–Crippen LogP) is 3.63. The Morgan fingerprint density at radius 2 is 1.95 bits per heavy atom. The summed E-state index contributed by atoms with van der Waals surface area (Å²) in [6.45, 7) is 4.55. The maximum absolute atomic E-state index is 12.1. The maximum Gasteiger partial charge on any atom is 0.422 e. The number of halogens is 3. The van der Waals surface area contributed by atoms with Crippen LogP contribution in [0.3, 0.4) is 0 Å². The molecule has 0 aliphatic carbocycles. The highest BCUT2D eigenvalue weighted by molar-refractivity contribution is 5.92. The fourth-order valence-electron chi connectivity index (χ4n) is 1.63. The number of carbonyl (C=O) groups is 1. The van der Waals surface area contributed by atoms with Crippen LogP contribution in [-0.4, -0.2) is 43.6 Å². The second-order valence-electron chi connectivity index (χ2n) is 4.96. The molecule has 0 fully saturated rings. The number of ether oxygens (including phenoxy) is 1. The molecule has 0 bridgehead atoms. The zero-order valence-corrected chi connectivity index (χ0v) is 13.0. The minimum atomic E-state index is -4.53. The Morgan fingerprint density at radius 3 is 2.50 bits per heavy atom. The summed E-state index contributed by atoms with van der Waals surface area (Å²) in [5.41, 5.74) is 1.98. The highest BCUT2D eigenvalue weighted by Gasteiger charge is 2.30. The third-order valence-electron chi connectivity index (χ3n) is 3.02. The van der Waals surface area contributed by atoms with Crippen molar-refractivity contribution < 1.29 is 22.7 Å². The van der Waals surface area contributed by atoms with Gasteiger partial charge in [0, 0.05) is 13.6 Å². The lowest BCUT2D eigenvalue weighted by Crippen LogP contribution is -2.20. The average molecular weight is 316 g/mol. The lowest BCUT2D eigenvalue weighted by Gasteiger charge is -2.12. The normalized spacial score (nSPS) is 11.8. The van der Waals surface area contributed by atoms with Crippen molar-refractivity contribution in [3.8, 4) is 0 Å². The standard InChI is InChI=1S/C15H19F3N2O2/c1-5-20(4)9-19-13-7-10(2)12(6-11(13)3)14(21)22-8-15(16,17)18/h6-7,9H,5,8H2,1-4H3. The summed E-state index contributed by atoms with van der Waals surface area (Å²) in [7, 11) is 1.87. The quantitative estimate of drug-likeness (QED) is 0.473. The van der Waals surface area contributed by atoms with Crippen LogP contribution < -0.4 is 0 Å². The van der Waals surface area contributed by atoms with Crippen molar-refractivity contribution >= 4 is 18.0 Å². The molecular weight excluding hydrogens is 297 g/mol.